The van der Waals surface area contributed by atoms with Crippen LogP contribution in [0.15, 0.2) is 18.2 Å². The summed E-state index contributed by atoms with van der Waals surface area (Å²) in [6, 6.07) is 6.04. The molecule has 5 nitrogen and oxygen atoms in total. The zero-order valence-electron chi connectivity index (χ0n) is 11.3. The SMILES string of the molecule is NC(=O)c1cc(Cl)ccc1N1CCN(C2CNC2)CC1. The standard InChI is InChI=1S/C14H19ClN4O/c15-10-1-2-13(12(7-10)14(16)20)19-5-3-18(4-6-19)11-8-17-9-11/h1-2,7,11,17H,3-6,8-9H2,(H2,16,20). The topological polar surface area (TPSA) is 61.6 Å². The van der Waals surface area contributed by atoms with Gasteiger partial charge in [-0.1, -0.05) is 11.6 Å². The molecule has 1 aromatic rings. The number of nitrogens with one attached hydrogen (secondary N) is 1. The summed E-state index contributed by atoms with van der Waals surface area (Å²) in [4.78, 5) is 16.3. The lowest BCUT2D eigenvalue weighted by molar-refractivity contribution is 0.1000. The maximum absolute atomic E-state index is 11.6. The van der Waals surface area contributed by atoms with Crippen LogP contribution in [-0.4, -0.2) is 56.1 Å². The lowest BCUT2D eigenvalue weighted by Gasteiger charge is -2.44. The molecule has 1 aromatic carbocycles. The molecule has 2 aliphatic rings. The molecule has 0 atom stereocenters. The minimum absolute atomic E-state index is 0.423. The van der Waals surface area contributed by atoms with Crippen molar-refractivity contribution in [1.82, 2.24) is 10.2 Å². The van der Waals surface area contributed by atoms with Gasteiger partial charge < -0.3 is 16.0 Å². The summed E-state index contributed by atoms with van der Waals surface area (Å²) < 4.78 is 0. The monoisotopic (exact) mass is 294 g/mol. The largest absolute Gasteiger partial charge is 0.368 e. The molecule has 2 aliphatic heterocycles. The fraction of sp³-hybridized carbons (Fsp3) is 0.500. The lowest BCUT2D eigenvalue weighted by atomic mass is 10.1. The molecular weight excluding hydrogens is 276 g/mol. The number of amides is 1. The molecule has 20 heavy (non-hydrogen) atoms. The maximum atomic E-state index is 11.6. The molecule has 1 amide bonds. The molecular formula is C14H19ClN4O. The van der Waals surface area contributed by atoms with E-state index in [4.69, 9.17) is 17.3 Å². The quantitative estimate of drug-likeness (QED) is 0.854. The Bertz CT molecular complexity index is 510. The van der Waals surface area contributed by atoms with Gasteiger partial charge in [0, 0.05) is 56.0 Å². The molecule has 3 rings (SSSR count). The van der Waals surface area contributed by atoms with E-state index >= 15 is 0 Å². The van der Waals surface area contributed by atoms with Gasteiger partial charge in [-0.25, -0.2) is 0 Å². The molecule has 6 heteroatoms. The second-order valence-electron chi connectivity index (χ2n) is 5.36. The van der Waals surface area contributed by atoms with E-state index in [2.05, 4.69) is 15.1 Å². The number of carbonyl (C=O) groups excluding carboxylic acids is 1. The summed E-state index contributed by atoms with van der Waals surface area (Å²) in [6.07, 6.45) is 0. The fourth-order valence-corrected chi connectivity index (χ4v) is 3.01. The zero-order chi connectivity index (χ0) is 14.1. The Labute approximate surface area is 123 Å². The highest BCUT2D eigenvalue weighted by molar-refractivity contribution is 6.31. The number of primary amides is 1. The summed E-state index contributed by atoms with van der Waals surface area (Å²) >= 11 is 5.95. The highest BCUT2D eigenvalue weighted by Gasteiger charge is 2.28. The summed E-state index contributed by atoms with van der Waals surface area (Å²) in [5.74, 6) is -0.423. The van der Waals surface area contributed by atoms with Crippen LogP contribution in [0.1, 0.15) is 10.4 Å². The van der Waals surface area contributed by atoms with Crippen LogP contribution in [0.5, 0.6) is 0 Å². The van der Waals surface area contributed by atoms with Crippen molar-refractivity contribution in [3.63, 3.8) is 0 Å². The highest BCUT2D eigenvalue weighted by Crippen LogP contribution is 2.25. The van der Waals surface area contributed by atoms with Gasteiger partial charge in [0.1, 0.15) is 0 Å². The first-order valence-corrected chi connectivity index (χ1v) is 7.32. The van der Waals surface area contributed by atoms with Gasteiger partial charge in [0.25, 0.3) is 5.91 Å². The molecule has 0 unspecified atom stereocenters. The number of carbonyl (C=O) groups is 1. The van der Waals surface area contributed by atoms with E-state index in [0.29, 0.717) is 16.6 Å². The first kappa shape index (κ1) is 13.7. The van der Waals surface area contributed by atoms with Crippen LogP contribution in [0.4, 0.5) is 5.69 Å². The molecule has 0 spiro atoms. The van der Waals surface area contributed by atoms with Crippen molar-refractivity contribution in [2.75, 3.05) is 44.2 Å². The summed E-state index contributed by atoms with van der Waals surface area (Å²) in [5, 5.41) is 3.84. The Morgan fingerprint density at radius 2 is 1.95 bits per heavy atom. The Kier molecular flexibility index (Phi) is 3.83. The van der Waals surface area contributed by atoms with Gasteiger partial charge in [0.2, 0.25) is 0 Å². The highest BCUT2D eigenvalue weighted by atomic mass is 35.5. The fourth-order valence-electron chi connectivity index (χ4n) is 2.84. The zero-order valence-corrected chi connectivity index (χ0v) is 12.1. The third-order valence-corrected chi connectivity index (χ3v) is 4.39. The molecule has 2 saturated heterocycles. The van der Waals surface area contributed by atoms with E-state index in [9.17, 15) is 4.79 Å². The van der Waals surface area contributed by atoms with Crippen molar-refractivity contribution in [1.29, 1.82) is 0 Å². The van der Waals surface area contributed by atoms with E-state index in [-0.39, 0.29) is 0 Å². The first-order valence-electron chi connectivity index (χ1n) is 6.94. The number of hydrogen-bond acceptors (Lipinski definition) is 4. The van der Waals surface area contributed by atoms with Gasteiger partial charge in [-0.3, -0.25) is 9.69 Å². The summed E-state index contributed by atoms with van der Waals surface area (Å²) in [5.41, 5.74) is 6.86. The molecule has 0 aromatic heterocycles. The van der Waals surface area contributed by atoms with Crippen molar-refractivity contribution in [3.8, 4) is 0 Å². The maximum Gasteiger partial charge on any atom is 0.250 e. The minimum Gasteiger partial charge on any atom is -0.368 e. The number of nitrogens with zero attached hydrogens (tertiary/aromatic N) is 2. The van der Waals surface area contributed by atoms with Crippen LogP contribution in [0.2, 0.25) is 5.02 Å². The normalized spacial score (nSPS) is 20.8. The molecule has 0 radical (unpaired) electrons. The molecule has 2 fully saturated rings. The molecule has 0 aliphatic carbocycles. The van der Waals surface area contributed by atoms with Gasteiger partial charge in [-0.2, -0.15) is 0 Å². The lowest BCUT2D eigenvalue weighted by Crippen LogP contribution is -2.61. The Hall–Kier alpha value is -1.30. The average molecular weight is 295 g/mol. The van der Waals surface area contributed by atoms with E-state index in [1.165, 1.54) is 0 Å². The van der Waals surface area contributed by atoms with Gasteiger partial charge >= 0.3 is 0 Å². The van der Waals surface area contributed by atoms with Crippen LogP contribution in [0, 0.1) is 0 Å². The van der Waals surface area contributed by atoms with Crippen LogP contribution in [-0.2, 0) is 0 Å². The van der Waals surface area contributed by atoms with Gasteiger partial charge in [-0.15, -0.1) is 0 Å². The Balaban J connectivity index is 1.72. The molecule has 108 valence electrons. The number of nitrogens with two attached hydrogens (primary N) is 1. The van der Waals surface area contributed by atoms with Crippen molar-refractivity contribution in [2.24, 2.45) is 5.73 Å². The Morgan fingerprint density at radius 3 is 2.50 bits per heavy atom. The van der Waals surface area contributed by atoms with Gasteiger partial charge in [0.15, 0.2) is 0 Å². The number of halogens is 1. The number of benzene rings is 1. The van der Waals surface area contributed by atoms with Crippen LogP contribution in [0.3, 0.4) is 0 Å². The van der Waals surface area contributed by atoms with E-state index in [0.717, 1.165) is 45.0 Å². The molecule has 2 heterocycles. The van der Waals surface area contributed by atoms with Crippen LogP contribution >= 0.6 is 11.6 Å². The van der Waals surface area contributed by atoms with Gasteiger partial charge in [0.05, 0.1) is 5.56 Å². The number of piperazine rings is 1. The van der Waals surface area contributed by atoms with Crippen LogP contribution in [0.25, 0.3) is 0 Å². The van der Waals surface area contributed by atoms with Crippen molar-refractivity contribution in [3.05, 3.63) is 28.8 Å². The summed E-state index contributed by atoms with van der Waals surface area (Å²) in [6.45, 7) is 6.05. The minimum atomic E-state index is -0.423. The van der Waals surface area contributed by atoms with E-state index in [1.54, 1.807) is 6.07 Å². The van der Waals surface area contributed by atoms with Crippen LogP contribution < -0.4 is 16.0 Å². The third-order valence-electron chi connectivity index (χ3n) is 4.16. The number of rotatable bonds is 3. The van der Waals surface area contributed by atoms with Crippen molar-refractivity contribution < 1.29 is 4.79 Å². The predicted molar refractivity (Wildman–Crippen MR) is 80.4 cm³/mol. The predicted octanol–water partition coefficient (Wildman–Crippen LogP) is 0.533. The second-order valence-corrected chi connectivity index (χ2v) is 5.80. The number of hydrogen-bond donors (Lipinski definition) is 2. The average Bonchev–Trinajstić information content (AvgIpc) is 2.38. The Morgan fingerprint density at radius 1 is 1.25 bits per heavy atom. The van der Waals surface area contributed by atoms with E-state index < -0.39 is 5.91 Å². The summed E-state index contributed by atoms with van der Waals surface area (Å²) in [7, 11) is 0. The van der Waals surface area contributed by atoms with E-state index in [1.807, 2.05) is 12.1 Å². The molecule has 0 bridgehead atoms. The van der Waals surface area contributed by atoms with Gasteiger partial charge in [-0.05, 0) is 18.2 Å². The van der Waals surface area contributed by atoms with Crippen molar-refractivity contribution in [2.45, 2.75) is 6.04 Å². The molecule has 3 N–H and O–H groups in total. The molecule has 0 saturated carbocycles. The third kappa shape index (κ3) is 2.61. The smallest absolute Gasteiger partial charge is 0.250 e. The second kappa shape index (κ2) is 5.60. The first-order chi connectivity index (χ1) is 9.65. The number of anilines is 1. The van der Waals surface area contributed by atoms with Crippen molar-refractivity contribution >= 4 is 23.2 Å².